The van der Waals surface area contributed by atoms with Gasteiger partial charge in [-0.2, -0.15) is 0 Å². The molecule has 2 rings (SSSR count). The summed E-state index contributed by atoms with van der Waals surface area (Å²) in [5.74, 6) is -1.22. The van der Waals surface area contributed by atoms with E-state index in [1.807, 2.05) is 20.8 Å². The summed E-state index contributed by atoms with van der Waals surface area (Å²) in [5, 5.41) is 3.25. The molecule has 0 unspecified atom stereocenters. The number of rotatable bonds is 10. The summed E-state index contributed by atoms with van der Waals surface area (Å²) in [6, 6.07) is 10.2. The van der Waals surface area contributed by atoms with E-state index in [9.17, 15) is 22.4 Å². The molecule has 0 fully saturated rings. The number of sulfonamides is 1. The summed E-state index contributed by atoms with van der Waals surface area (Å²) in [7, 11) is -3.64. The summed E-state index contributed by atoms with van der Waals surface area (Å²) < 4.78 is 40.6. The average molecular weight is 540 g/mol. The van der Waals surface area contributed by atoms with Crippen LogP contribution in [0, 0.1) is 12.7 Å². The lowest BCUT2D eigenvalue weighted by Crippen LogP contribution is -2.52. The van der Waals surface area contributed by atoms with E-state index in [0.29, 0.717) is 10.7 Å². The van der Waals surface area contributed by atoms with Crippen LogP contribution in [0.1, 0.15) is 51.7 Å². The number of hydrogen-bond acceptors (Lipinski definition) is 4. The van der Waals surface area contributed by atoms with Gasteiger partial charge in [0.2, 0.25) is 21.8 Å². The second kappa shape index (κ2) is 12.1. The fourth-order valence-corrected chi connectivity index (χ4v) is 4.88. The molecule has 10 heteroatoms. The first kappa shape index (κ1) is 29.6. The second-order valence-electron chi connectivity index (χ2n) is 9.90. The van der Waals surface area contributed by atoms with Crippen molar-refractivity contribution < 1.29 is 22.4 Å². The smallest absolute Gasteiger partial charge is 0.242 e. The largest absolute Gasteiger partial charge is 0.350 e. The number of anilines is 1. The molecule has 2 amide bonds. The van der Waals surface area contributed by atoms with Gasteiger partial charge >= 0.3 is 0 Å². The van der Waals surface area contributed by atoms with Crippen molar-refractivity contribution in [1.82, 2.24) is 10.2 Å². The van der Waals surface area contributed by atoms with Crippen molar-refractivity contribution in [1.29, 1.82) is 0 Å². The summed E-state index contributed by atoms with van der Waals surface area (Å²) in [4.78, 5) is 27.5. The number of aryl methyl sites for hydroxylation is 1. The Kier molecular flexibility index (Phi) is 9.91. The number of carbonyl (C=O) groups is 2. The highest BCUT2D eigenvalue weighted by atomic mass is 35.5. The SMILES string of the molecule is Cc1ccc(Cl)cc1N(CCCC(=O)N(Cc1ccccc1F)[C@@H](C)C(=O)NC(C)(C)C)S(C)(=O)=O. The topological polar surface area (TPSA) is 86.8 Å². The minimum Gasteiger partial charge on any atom is -0.350 e. The van der Waals surface area contributed by atoms with E-state index < -0.39 is 27.4 Å². The highest BCUT2D eigenvalue weighted by molar-refractivity contribution is 7.92. The van der Waals surface area contributed by atoms with E-state index in [4.69, 9.17) is 11.6 Å². The summed E-state index contributed by atoms with van der Waals surface area (Å²) in [5.41, 5.74) is 0.944. The first-order valence-corrected chi connectivity index (χ1v) is 13.9. The first-order chi connectivity index (χ1) is 16.6. The van der Waals surface area contributed by atoms with Crippen molar-refractivity contribution in [3.05, 3.63) is 64.4 Å². The Labute approximate surface area is 218 Å². The third kappa shape index (κ3) is 8.48. The number of nitrogens with one attached hydrogen (secondary N) is 1. The molecule has 0 aliphatic carbocycles. The summed E-state index contributed by atoms with van der Waals surface area (Å²) in [6.07, 6.45) is 1.25. The molecular weight excluding hydrogens is 505 g/mol. The van der Waals surface area contributed by atoms with Crippen molar-refractivity contribution in [2.24, 2.45) is 0 Å². The number of benzene rings is 2. The van der Waals surface area contributed by atoms with Crippen molar-refractivity contribution >= 4 is 39.1 Å². The quantitative estimate of drug-likeness (QED) is 0.475. The first-order valence-electron chi connectivity index (χ1n) is 11.7. The molecule has 2 aromatic rings. The normalized spacial score (nSPS) is 12.7. The molecule has 0 aliphatic heterocycles. The Balaban J connectivity index is 2.24. The molecule has 198 valence electrons. The summed E-state index contributed by atoms with van der Waals surface area (Å²) in [6.45, 7) is 8.82. The molecular formula is C26H35ClFN3O4S. The summed E-state index contributed by atoms with van der Waals surface area (Å²) >= 11 is 6.09. The average Bonchev–Trinajstić information content (AvgIpc) is 2.75. The zero-order chi connectivity index (χ0) is 27.3. The molecule has 2 aromatic carbocycles. The Morgan fingerprint density at radius 3 is 2.36 bits per heavy atom. The predicted molar refractivity (Wildman–Crippen MR) is 142 cm³/mol. The van der Waals surface area contributed by atoms with Crippen LogP contribution in [0.25, 0.3) is 0 Å². The predicted octanol–water partition coefficient (Wildman–Crippen LogP) is 4.67. The number of halogens is 2. The highest BCUT2D eigenvalue weighted by Crippen LogP contribution is 2.27. The van der Waals surface area contributed by atoms with Crippen LogP contribution in [0.15, 0.2) is 42.5 Å². The zero-order valence-electron chi connectivity index (χ0n) is 21.6. The molecule has 1 atom stereocenters. The van der Waals surface area contributed by atoms with Crippen molar-refractivity contribution in [2.75, 3.05) is 17.1 Å². The number of amides is 2. The lowest BCUT2D eigenvalue weighted by molar-refractivity contribution is -0.141. The molecule has 0 aliphatic rings. The minimum atomic E-state index is -3.64. The van der Waals surface area contributed by atoms with Crippen LogP contribution in [-0.2, 0) is 26.2 Å². The lowest BCUT2D eigenvalue weighted by Gasteiger charge is -2.32. The third-order valence-corrected chi connectivity index (χ3v) is 6.97. The van der Waals surface area contributed by atoms with Crippen molar-refractivity contribution in [3.8, 4) is 0 Å². The second-order valence-corrected chi connectivity index (χ2v) is 12.2. The van der Waals surface area contributed by atoms with E-state index in [2.05, 4.69) is 5.32 Å². The number of hydrogen-bond donors (Lipinski definition) is 1. The minimum absolute atomic E-state index is 0.0345. The van der Waals surface area contributed by atoms with E-state index in [-0.39, 0.29) is 43.3 Å². The Hall–Kier alpha value is -2.65. The van der Waals surface area contributed by atoms with Crippen LogP contribution in [0.3, 0.4) is 0 Å². The van der Waals surface area contributed by atoms with Gasteiger partial charge in [-0.15, -0.1) is 0 Å². The van der Waals surface area contributed by atoms with Crippen molar-refractivity contribution in [2.45, 2.75) is 65.6 Å². The molecule has 1 N–H and O–H groups in total. The Bertz CT molecular complexity index is 1200. The lowest BCUT2D eigenvalue weighted by atomic mass is 10.1. The molecule has 0 saturated carbocycles. The maximum absolute atomic E-state index is 14.4. The van der Waals surface area contributed by atoms with E-state index >= 15 is 0 Å². The highest BCUT2D eigenvalue weighted by Gasteiger charge is 2.29. The Morgan fingerprint density at radius 2 is 1.78 bits per heavy atom. The van der Waals surface area contributed by atoms with Crippen LogP contribution in [-0.4, -0.2) is 49.5 Å². The Morgan fingerprint density at radius 1 is 1.14 bits per heavy atom. The van der Waals surface area contributed by atoms with Gasteiger partial charge in [0.1, 0.15) is 11.9 Å². The molecule has 0 bridgehead atoms. The van der Waals surface area contributed by atoms with Gasteiger partial charge in [0.25, 0.3) is 0 Å². The van der Waals surface area contributed by atoms with Gasteiger partial charge in [-0.05, 0) is 64.8 Å². The van der Waals surface area contributed by atoms with Crippen LogP contribution in [0.2, 0.25) is 5.02 Å². The fraction of sp³-hybridized carbons (Fsp3) is 0.462. The monoisotopic (exact) mass is 539 g/mol. The fourth-order valence-electron chi connectivity index (χ4n) is 3.70. The van der Waals surface area contributed by atoms with Crippen LogP contribution >= 0.6 is 11.6 Å². The maximum atomic E-state index is 14.4. The number of carbonyl (C=O) groups excluding carboxylic acids is 2. The van der Waals surface area contributed by atoms with Crippen LogP contribution in [0.4, 0.5) is 10.1 Å². The standard InChI is InChI=1S/C26H35ClFN3O4S/c1-18-13-14-21(27)16-23(18)31(36(6,34)35)15-9-12-24(32)30(17-20-10-7-8-11-22(20)28)19(2)25(33)29-26(3,4)5/h7-8,10-11,13-14,16,19H,9,12,15,17H2,1-6H3,(H,29,33)/t19-/m0/s1. The van der Waals surface area contributed by atoms with Gasteiger partial charge in [0.05, 0.1) is 11.9 Å². The van der Waals surface area contributed by atoms with E-state index in [0.717, 1.165) is 11.8 Å². The third-order valence-electron chi connectivity index (χ3n) is 5.56. The molecule has 7 nitrogen and oxygen atoms in total. The van der Waals surface area contributed by atoms with E-state index in [1.54, 1.807) is 50.2 Å². The molecule has 0 saturated heterocycles. The molecule has 36 heavy (non-hydrogen) atoms. The molecule has 0 radical (unpaired) electrons. The van der Waals surface area contributed by atoms with Gasteiger partial charge in [-0.3, -0.25) is 13.9 Å². The number of nitrogens with zero attached hydrogens (tertiary/aromatic N) is 2. The van der Waals surface area contributed by atoms with Crippen LogP contribution in [0.5, 0.6) is 0 Å². The van der Waals surface area contributed by atoms with Gasteiger partial charge in [0.15, 0.2) is 0 Å². The molecule has 0 heterocycles. The van der Waals surface area contributed by atoms with Gasteiger partial charge in [-0.1, -0.05) is 35.9 Å². The van der Waals surface area contributed by atoms with Gasteiger partial charge in [0, 0.05) is 35.6 Å². The van der Waals surface area contributed by atoms with E-state index in [1.165, 1.54) is 15.3 Å². The van der Waals surface area contributed by atoms with Gasteiger partial charge < -0.3 is 10.2 Å². The van der Waals surface area contributed by atoms with Crippen LogP contribution < -0.4 is 9.62 Å². The van der Waals surface area contributed by atoms with Gasteiger partial charge in [-0.25, -0.2) is 12.8 Å². The molecule has 0 spiro atoms. The molecule has 0 aromatic heterocycles. The van der Waals surface area contributed by atoms with Crippen molar-refractivity contribution in [3.63, 3.8) is 0 Å². The zero-order valence-corrected chi connectivity index (χ0v) is 23.2. The maximum Gasteiger partial charge on any atom is 0.242 e.